The summed E-state index contributed by atoms with van der Waals surface area (Å²) in [5.41, 5.74) is 0. The number of hydrogen-bond acceptors (Lipinski definition) is 3. The minimum absolute atomic E-state index is 0.716. The highest BCUT2D eigenvalue weighted by Crippen LogP contribution is 2.11. The van der Waals surface area contributed by atoms with E-state index in [1.165, 1.54) is 19.4 Å². The molecule has 0 aromatic carbocycles. The lowest BCUT2D eigenvalue weighted by Gasteiger charge is -2.34. The van der Waals surface area contributed by atoms with E-state index in [1.54, 1.807) is 0 Å². The lowest BCUT2D eigenvalue weighted by Crippen LogP contribution is -2.48. The third kappa shape index (κ3) is 3.95. The Morgan fingerprint density at radius 1 is 1.14 bits per heavy atom. The molecule has 3 heteroatoms. The predicted octanol–water partition coefficient (Wildman–Crippen LogP) is 0.620. The van der Waals surface area contributed by atoms with Crippen molar-refractivity contribution in [1.29, 1.82) is 0 Å². The monoisotopic (exact) mass is 199 g/mol. The zero-order valence-electron chi connectivity index (χ0n) is 10.1. The molecule has 0 bridgehead atoms. The molecule has 1 saturated heterocycles. The molecule has 1 N–H and O–H groups in total. The fourth-order valence-electron chi connectivity index (χ4n) is 1.90. The Kier molecular flexibility index (Phi) is 4.85. The Morgan fingerprint density at radius 3 is 2.36 bits per heavy atom. The summed E-state index contributed by atoms with van der Waals surface area (Å²) in [5.74, 6) is 0. The van der Waals surface area contributed by atoms with E-state index in [-0.39, 0.29) is 0 Å². The summed E-state index contributed by atoms with van der Waals surface area (Å²) in [6, 6.07) is 1.46. The fraction of sp³-hybridized carbons (Fsp3) is 1.00. The minimum Gasteiger partial charge on any atom is -0.313 e. The molecule has 3 nitrogen and oxygen atoms in total. The molecule has 0 aliphatic carbocycles. The van der Waals surface area contributed by atoms with E-state index < -0.39 is 0 Å². The van der Waals surface area contributed by atoms with Crippen molar-refractivity contribution < 1.29 is 0 Å². The highest BCUT2D eigenvalue weighted by Gasteiger charge is 2.20. The van der Waals surface area contributed by atoms with Gasteiger partial charge in [-0.2, -0.15) is 0 Å². The second-order valence-corrected chi connectivity index (χ2v) is 4.82. The average molecular weight is 199 g/mol. The summed E-state index contributed by atoms with van der Waals surface area (Å²) in [4.78, 5) is 4.73. The van der Waals surface area contributed by atoms with Gasteiger partial charge in [-0.1, -0.05) is 0 Å². The van der Waals surface area contributed by atoms with Crippen LogP contribution in [0.3, 0.4) is 0 Å². The molecule has 0 saturated carbocycles. The molecule has 1 rings (SSSR count). The molecule has 0 aromatic heterocycles. The van der Waals surface area contributed by atoms with Crippen LogP contribution in [0.2, 0.25) is 0 Å². The normalized spacial score (nSPS) is 28.7. The summed E-state index contributed by atoms with van der Waals surface area (Å²) in [6.07, 6.45) is 2.66. The highest BCUT2D eigenvalue weighted by atomic mass is 15.2. The number of piperidine rings is 1. The van der Waals surface area contributed by atoms with Gasteiger partial charge in [-0.15, -0.1) is 0 Å². The van der Waals surface area contributed by atoms with Gasteiger partial charge in [-0.25, -0.2) is 0 Å². The molecule has 2 atom stereocenters. The van der Waals surface area contributed by atoms with Gasteiger partial charge in [0.2, 0.25) is 0 Å². The summed E-state index contributed by atoms with van der Waals surface area (Å²) < 4.78 is 0. The van der Waals surface area contributed by atoms with E-state index in [0.717, 1.165) is 19.1 Å². The smallest absolute Gasteiger partial charge is 0.0218 e. The third-order valence-electron chi connectivity index (χ3n) is 3.16. The molecule has 2 unspecified atom stereocenters. The topological polar surface area (TPSA) is 18.5 Å². The molecular formula is C11H25N3. The molecule has 1 aliphatic heterocycles. The maximum atomic E-state index is 3.55. The Balaban J connectivity index is 2.20. The second kappa shape index (κ2) is 5.69. The lowest BCUT2D eigenvalue weighted by molar-refractivity contribution is 0.174. The molecule has 0 amide bonds. The van der Waals surface area contributed by atoms with E-state index in [1.807, 2.05) is 0 Å². The van der Waals surface area contributed by atoms with Crippen LogP contribution in [0.5, 0.6) is 0 Å². The molecule has 0 spiro atoms. The number of nitrogens with zero attached hydrogens (tertiary/aromatic N) is 2. The Morgan fingerprint density at radius 2 is 1.86 bits per heavy atom. The van der Waals surface area contributed by atoms with Gasteiger partial charge in [0, 0.05) is 31.7 Å². The first kappa shape index (κ1) is 12.0. The van der Waals surface area contributed by atoms with Crippen molar-refractivity contribution in [2.45, 2.75) is 31.8 Å². The molecule has 14 heavy (non-hydrogen) atoms. The van der Waals surface area contributed by atoms with Gasteiger partial charge in [0.1, 0.15) is 0 Å². The molecule has 1 fully saturated rings. The maximum absolute atomic E-state index is 3.55. The highest BCUT2D eigenvalue weighted by molar-refractivity contribution is 4.80. The average Bonchev–Trinajstić information content (AvgIpc) is 2.15. The van der Waals surface area contributed by atoms with Gasteiger partial charge in [-0.05, 0) is 40.9 Å². The fourth-order valence-corrected chi connectivity index (χ4v) is 1.90. The van der Waals surface area contributed by atoms with E-state index in [0.29, 0.717) is 6.04 Å². The van der Waals surface area contributed by atoms with Crippen molar-refractivity contribution in [3.8, 4) is 0 Å². The zero-order valence-corrected chi connectivity index (χ0v) is 10.1. The van der Waals surface area contributed by atoms with Gasteiger partial charge in [0.15, 0.2) is 0 Å². The van der Waals surface area contributed by atoms with Gasteiger partial charge >= 0.3 is 0 Å². The lowest BCUT2D eigenvalue weighted by atomic mass is 10.0. The number of hydrogen-bond donors (Lipinski definition) is 1. The molecule has 84 valence electrons. The van der Waals surface area contributed by atoms with Crippen LogP contribution in [0.15, 0.2) is 0 Å². The zero-order chi connectivity index (χ0) is 10.6. The Labute approximate surface area is 88.5 Å². The van der Waals surface area contributed by atoms with Gasteiger partial charge in [0.05, 0.1) is 0 Å². The van der Waals surface area contributed by atoms with Crippen LogP contribution in [-0.2, 0) is 0 Å². The van der Waals surface area contributed by atoms with Crippen LogP contribution in [0, 0.1) is 0 Å². The number of likely N-dealkylation sites (N-methyl/N-ethyl adjacent to an activating group) is 2. The van der Waals surface area contributed by atoms with Crippen LogP contribution in [0.25, 0.3) is 0 Å². The van der Waals surface area contributed by atoms with Crippen molar-refractivity contribution in [3.63, 3.8) is 0 Å². The largest absolute Gasteiger partial charge is 0.313 e. The first-order valence-corrected chi connectivity index (χ1v) is 5.68. The van der Waals surface area contributed by atoms with Gasteiger partial charge in [-0.3, -0.25) is 0 Å². The predicted molar refractivity (Wildman–Crippen MR) is 61.7 cm³/mol. The molecule has 0 radical (unpaired) electrons. The molecule has 1 heterocycles. The third-order valence-corrected chi connectivity index (χ3v) is 3.16. The van der Waals surface area contributed by atoms with Crippen LogP contribution in [0.4, 0.5) is 0 Å². The second-order valence-electron chi connectivity index (χ2n) is 4.82. The van der Waals surface area contributed by atoms with Crippen LogP contribution in [0.1, 0.15) is 19.8 Å². The first-order chi connectivity index (χ1) is 6.59. The standard InChI is InChI=1S/C11H25N3/c1-10-5-6-11(9-12-10)14(4)8-7-13(2)3/h10-12H,5-9H2,1-4H3. The first-order valence-electron chi connectivity index (χ1n) is 5.68. The Hall–Kier alpha value is -0.120. The number of rotatable bonds is 4. The van der Waals surface area contributed by atoms with E-state index in [2.05, 4.69) is 43.2 Å². The summed E-state index contributed by atoms with van der Waals surface area (Å²) in [6.45, 7) is 5.76. The molecule has 0 aromatic rings. The van der Waals surface area contributed by atoms with Crippen molar-refractivity contribution in [2.24, 2.45) is 0 Å². The van der Waals surface area contributed by atoms with E-state index in [4.69, 9.17) is 0 Å². The quantitative estimate of drug-likeness (QED) is 0.716. The summed E-state index contributed by atoms with van der Waals surface area (Å²) in [7, 11) is 6.51. The minimum atomic E-state index is 0.716. The van der Waals surface area contributed by atoms with Crippen molar-refractivity contribution in [3.05, 3.63) is 0 Å². The van der Waals surface area contributed by atoms with Crippen LogP contribution < -0.4 is 5.32 Å². The van der Waals surface area contributed by atoms with Gasteiger partial charge < -0.3 is 15.1 Å². The van der Waals surface area contributed by atoms with Gasteiger partial charge in [0.25, 0.3) is 0 Å². The van der Waals surface area contributed by atoms with Crippen LogP contribution >= 0.6 is 0 Å². The van der Waals surface area contributed by atoms with Crippen molar-refractivity contribution >= 4 is 0 Å². The maximum Gasteiger partial charge on any atom is 0.0218 e. The summed E-state index contributed by atoms with van der Waals surface area (Å²) in [5, 5.41) is 3.55. The number of nitrogens with one attached hydrogen (secondary N) is 1. The SMILES string of the molecule is CC1CCC(N(C)CCN(C)C)CN1. The van der Waals surface area contributed by atoms with E-state index in [9.17, 15) is 0 Å². The van der Waals surface area contributed by atoms with Crippen molar-refractivity contribution in [2.75, 3.05) is 40.8 Å². The summed E-state index contributed by atoms with van der Waals surface area (Å²) >= 11 is 0. The van der Waals surface area contributed by atoms with Crippen LogP contribution in [-0.4, -0.2) is 62.7 Å². The van der Waals surface area contributed by atoms with Crippen molar-refractivity contribution in [1.82, 2.24) is 15.1 Å². The van der Waals surface area contributed by atoms with E-state index >= 15 is 0 Å². The molecule has 1 aliphatic rings. The molecular weight excluding hydrogens is 174 g/mol. The Bertz CT molecular complexity index is 151.